The van der Waals surface area contributed by atoms with Crippen molar-refractivity contribution in [3.8, 4) is 0 Å². The number of halogens is 2. The minimum Gasteiger partial charge on any atom is -0.337 e. The third-order valence-corrected chi connectivity index (χ3v) is 4.24. The molecule has 0 radical (unpaired) electrons. The zero-order valence-electron chi connectivity index (χ0n) is 13.2. The van der Waals surface area contributed by atoms with Gasteiger partial charge in [0.2, 0.25) is 0 Å². The first-order chi connectivity index (χ1) is 11.0. The SMILES string of the molecule is Cc1cc(C)n([C@H]2CCCN(C(=O)c3ccc(F)c(F)c3)C2)n1. The average Bonchev–Trinajstić information content (AvgIpc) is 2.88. The van der Waals surface area contributed by atoms with E-state index in [0.29, 0.717) is 13.1 Å². The average molecular weight is 319 g/mol. The van der Waals surface area contributed by atoms with Gasteiger partial charge in [-0.05, 0) is 51.0 Å². The van der Waals surface area contributed by atoms with Gasteiger partial charge >= 0.3 is 0 Å². The molecule has 0 spiro atoms. The second-order valence-electron chi connectivity index (χ2n) is 6.05. The fraction of sp³-hybridized carbons (Fsp3) is 0.412. The molecule has 2 heterocycles. The Hall–Kier alpha value is -2.24. The zero-order valence-corrected chi connectivity index (χ0v) is 13.2. The number of amides is 1. The summed E-state index contributed by atoms with van der Waals surface area (Å²) >= 11 is 0. The maximum absolute atomic E-state index is 13.3. The number of aryl methyl sites for hydroxylation is 2. The standard InChI is InChI=1S/C17H19F2N3O/c1-11-8-12(2)22(20-11)14-4-3-7-21(10-14)17(23)13-5-6-15(18)16(19)9-13/h5-6,8-9,14H,3-4,7,10H2,1-2H3/t14-/m0/s1. The molecule has 122 valence electrons. The van der Waals surface area contributed by atoms with Gasteiger partial charge in [-0.3, -0.25) is 9.48 Å². The first kappa shape index (κ1) is 15.6. The van der Waals surface area contributed by atoms with Crippen molar-refractivity contribution in [2.45, 2.75) is 32.7 Å². The molecular weight excluding hydrogens is 300 g/mol. The van der Waals surface area contributed by atoms with Crippen LogP contribution in [0.1, 0.15) is 40.6 Å². The lowest BCUT2D eigenvalue weighted by Crippen LogP contribution is -2.41. The first-order valence-electron chi connectivity index (χ1n) is 7.73. The number of carbonyl (C=O) groups excluding carboxylic acids is 1. The Morgan fingerprint density at radius 2 is 2.00 bits per heavy atom. The van der Waals surface area contributed by atoms with Crippen molar-refractivity contribution in [3.05, 3.63) is 52.9 Å². The molecule has 23 heavy (non-hydrogen) atoms. The molecule has 6 heteroatoms. The second-order valence-corrected chi connectivity index (χ2v) is 6.05. The molecule has 2 aromatic rings. The van der Waals surface area contributed by atoms with Crippen molar-refractivity contribution >= 4 is 5.91 Å². The first-order valence-corrected chi connectivity index (χ1v) is 7.73. The quantitative estimate of drug-likeness (QED) is 0.852. The molecule has 0 saturated carbocycles. The van der Waals surface area contributed by atoms with Crippen LogP contribution in [0.5, 0.6) is 0 Å². The third-order valence-electron chi connectivity index (χ3n) is 4.24. The smallest absolute Gasteiger partial charge is 0.254 e. The van der Waals surface area contributed by atoms with E-state index in [1.54, 1.807) is 4.90 Å². The molecule has 1 aromatic heterocycles. The van der Waals surface area contributed by atoms with Crippen molar-refractivity contribution in [2.24, 2.45) is 0 Å². The minimum atomic E-state index is -0.997. The number of aromatic nitrogens is 2. The number of rotatable bonds is 2. The van der Waals surface area contributed by atoms with Gasteiger partial charge in [-0.1, -0.05) is 0 Å². The van der Waals surface area contributed by atoms with E-state index >= 15 is 0 Å². The maximum atomic E-state index is 13.3. The molecule has 1 aliphatic heterocycles. The Kier molecular flexibility index (Phi) is 4.15. The highest BCUT2D eigenvalue weighted by molar-refractivity contribution is 5.94. The normalized spacial score (nSPS) is 18.3. The molecule has 1 aromatic carbocycles. The molecular formula is C17H19F2N3O. The number of nitrogens with zero attached hydrogens (tertiary/aromatic N) is 3. The number of hydrogen-bond donors (Lipinski definition) is 0. The van der Waals surface area contributed by atoms with Gasteiger partial charge in [0.1, 0.15) is 0 Å². The van der Waals surface area contributed by atoms with Gasteiger partial charge in [0.05, 0.1) is 11.7 Å². The summed E-state index contributed by atoms with van der Waals surface area (Å²) in [6.45, 7) is 5.08. The summed E-state index contributed by atoms with van der Waals surface area (Å²) in [5.41, 5.74) is 2.19. The summed E-state index contributed by atoms with van der Waals surface area (Å²) in [4.78, 5) is 14.2. The molecule has 4 nitrogen and oxygen atoms in total. The fourth-order valence-corrected chi connectivity index (χ4v) is 3.17. The molecule has 0 bridgehead atoms. The van der Waals surface area contributed by atoms with Crippen molar-refractivity contribution in [1.82, 2.24) is 14.7 Å². The molecule has 0 unspecified atom stereocenters. The molecule has 0 aliphatic carbocycles. The van der Waals surface area contributed by atoms with E-state index < -0.39 is 11.6 Å². The van der Waals surface area contributed by atoms with E-state index in [1.165, 1.54) is 6.07 Å². The summed E-state index contributed by atoms with van der Waals surface area (Å²) in [5, 5.41) is 4.50. The van der Waals surface area contributed by atoms with Crippen molar-refractivity contribution in [2.75, 3.05) is 13.1 Å². The van der Waals surface area contributed by atoms with Crippen LogP contribution >= 0.6 is 0 Å². The van der Waals surface area contributed by atoms with Gasteiger partial charge in [-0.15, -0.1) is 0 Å². The van der Waals surface area contributed by atoms with Crippen LogP contribution in [0, 0.1) is 25.5 Å². The van der Waals surface area contributed by atoms with Crippen LogP contribution in [0.3, 0.4) is 0 Å². The van der Waals surface area contributed by atoms with E-state index in [9.17, 15) is 13.6 Å². The largest absolute Gasteiger partial charge is 0.337 e. The highest BCUT2D eigenvalue weighted by Gasteiger charge is 2.27. The topological polar surface area (TPSA) is 38.1 Å². The highest BCUT2D eigenvalue weighted by atomic mass is 19.2. The van der Waals surface area contributed by atoms with Gasteiger partial charge in [0.25, 0.3) is 5.91 Å². The van der Waals surface area contributed by atoms with E-state index in [2.05, 4.69) is 5.10 Å². The van der Waals surface area contributed by atoms with E-state index in [0.717, 1.165) is 36.4 Å². The lowest BCUT2D eigenvalue weighted by atomic mass is 10.0. The van der Waals surface area contributed by atoms with E-state index in [4.69, 9.17) is 0 Å². The Labute approximate surface area is 133 Å². The number of benzene rings is 1. The summed E-state index contributed by atoms with van der Waals surface area (Å²) in [5.74, 6) is -2.21. The Morgan fingerprint density at radius 1 is 1.22 bits per heavy atom. The highest BCUT2D eigenvalue weighted by Crippen LogP contribution is 2.24. The van der Waals surface area contributed by atoms with Crippen LogP contribution in [0.2, 0.25) is 0 Å². The third kappa shape index (κ3) is 3.11. The van der Waals surface area contributed by atoms with Gasteiger partial charge in [0.15, 0.2) is 11.6 Å². The van der Waals surface area contributed by atoms with Gasteiger partial charge in [-0.2, -0.15) is 5.10 Å². The Morgan fingerprint density at radius 3 is 2.65 bits per heavy atom. The number of carbonyl (C=O) groups is 1. The second kappa shape index (κ2) is 6.10. The Balaban J connectivity index is 1.79. The predicted molar refractivity (Wildman–Crippen MR) is 82.2 cm³/mol. The molecule has 1 saturated heterocycles. The van der Waals surface area contributed by atoms with Crippen LogP contribution in [-0.2, 0) is 0 Å². The monoisotopic (exact) mass is 319 g/mol. The van der Waals surface area contributed by atoms with Crippen molar-refractivity contribution in [1.29, 1.82) is 0 Å². The Bertz CT molecular complexity index is 741. The van der Waals surface area contributed by atoms with Crippen LogP contribution in [0.25, 0.3) is 0 Å². The van der Waals surface area contributed by atoms with Crippen LogP contribution in [0.4, 0.5) is 8.78 Å². The predicted octanol–water partition coefficient (Wildman–Crippen LogP) is 3.26. The molecule has 1 amide bonds. The maximum Gasteiger partial charge on any atom is 0.254 e. The molecule has 3 rings (SSSR count). The lowest BCUT2D eigenvalue weighted by molar-refractivity contribution is 0.0671. The summed E-state index contributed by atoms with van der Waals surface area (Å²) in [7, 11) is 0. The van der Waals surface area contributed by atoms with E-state index in [1.807, 2.05) is 24.6 Å². The van der Waals surface area contributed by atoms with Gasteiger partial charge < -0.3 is 4.90 Å². The van der Waals surface area contributed by atoms with Gasteiger partial charge in [0, 0.05) is 24.3 Å². The number of likely N-dealkylation sites (tertiary alicyclic amines) is 1. The molecule has 1 fully saturated rings. The fourth-order valence-electron chi connectivity index (χ4n) is 3.17. The van der Waals surface area contributed by atoms with Crippen molar-refractivity contribution < 1.29 is 13.6 Å². The number of piperidine rings is 1. The summed E-state index contributed by atoms with van der Waals surface area (Å²) in [6, 6.07) is 5.41. The minimum absolute atomic E-state index is 0.117. The summed E-state index contributed by atoms with van der Waals surface area (Å²) in [6.07, 6.45) is 1.81. The molecule has 1 atom stereocenters. The van der Waals surface area contributed by atoms with E-state index in [-0.39, 0.29) is 17.5 Å². The van der Waals surface area contributed by atoms with Crippen LogP contribution in [0.15, 0.2) is 24.3 Å². The summed E-state index contributed by atoms with van der Waals surface area (Å²) < 4.78 is 28.3. The van der Waals surface area contributed by atoms with Crippen LogP contribution in [-0.4, -0.2) is 33.7 Å². The van der Waals surface area contributed by atoms with Crippen molar-refractivity contribution in [3.63, 3.8) is 0 Å². The van der Waals surface area contributed by atoms with Crippen LogP contribution < -0.4 is 0 Å². The zero-order chi connectivity index (χ0) is 16.6. The number of hydrogen-bond acceptors (Lipinski definition) is 2. The molecule has 0 N–H and O–H groups in total. The molecule has 1 aliphatic rings. The lowest BCUT2D eigenvalue weighted by Gasteiger charge is -2.33. The van der Waals surface area contributed by atoms with Gasteiger partial charge in [-0.25, -0.2) is 8.78 Å².